The molecular weight excluding hydrogens is 445 g/mol. The van der Waals surface area contributed by atoms with E-state index < -0.39 is 29.3 Å². The predicted molar refractivity (Wildman–Crippen MR) is 108 cm³/mol. The molecule has 3 rings (SSSR count). The van der Waals surface area contributed by atoms with Gasteiger partial charge in [-0.25, -0.2) is 4.39 Å². The number of Topliss-reactive ketones (excluding diaryl/α,β-unsaturated/α-hetero) is 1. The molecule has 1 aliphatic heterocycles. The van der Waals surface area contributed by atoms with E-state index in [9.17, 15) is 19.1 Å². The van der Waals surface area contributed by atoms with Crippen LogP contribution in [0.1, 0.15) is 23.6 Å². The quantitative estimate of drug-likeness (QED) is 0.389. The van der Waals surface area contributed by atoms with Gasteiger partial charge in [0.2, 0.25) is 0 Å². The number of hydrogen-bond donors (Lipinski definition) is 2. The fourth-order valence-corrected chi connectivity index (χ4v) is 3.76. The Morgan fingerprint density at radius 1 is 1.24 bits per heavy atom. The van der Waals surface area contributed by atoms with Crippen LogP contribution in [0.3, 0.4) is 0 Å². The Bertz CT molecular complexity index is 991. The Balaban J connectivity index is 2.17. The maximum Gasteiger partial charge on any atom is 0.295 e. The maximum atomic E-state index is 14.1. The number of methoxy groups -OCH3 is 1. The normalized spacial score (nSPS) is 18.3. The Morgan fingerprint density at radius 3 is 2.62 bits per heavy atom. The van der Waals surface area contributed by atoms with Crippen LogP contribution in [0.5, 0.6) is 5.75 Å². The molecule has 0 aliphatic carbocycles. The topological polar surface area (TPSA) is 87.1 Å². The van der Waals surface area contributed by atoms with E-state index in [0.717, 1.165) is 10.5 Å². The van der Waals surface area contributed by atoms with Crippen molar-refractivity contribution in [3.8, 4) is 5.75 Å². The average Bonchev–Trinajstić information content (AvgIpc) is 2.96. The summed E-state index contributed by atoms with van der Waals surface area (Å²) in [6.07, 6.45) is 0.273. The first-order valence-electron chi connectivity index (χ1n) is 8.87. The lowest BCUT2D eigenvalue weighted by Gasteiger charge is -2.25. The molecule has 1 atom stereocenters. The molecule has 0 saturated carbocycles. The molecule has 0 radical (unpaired) electrons. The molecule has 2 aromatic rings. The minimum absolute atomic E-state index is 0.00603. The van der Waals surface area contributed by atoms with Gasteiger partial charge in [-0.3, -0.25) is 9.59 Å². The summed E-state index contributed by atoms with van der Waals surface area (Å²) >= 11 is 3.37. The molecule has 0 aromatic heterocycles. The Kier molecular flexibility index (Phi) is 6.34. The number of nitrogens with zero attached hydrogens (tertiary/aromatic N) is 1. The van der Waals surface area contributed by atoms with E-state index in [1.807, 2.05) is 0 Å². The number of rotatable bonds is 6. The number of aliphatic hydroxyl groups is 2. The molecule has 1 unspecified atom stereocenters. The van der Waals surface area contributed by atoms with E-state index in [0.29, 0.717) is 5.56 Å². The summed E-state index contributed by atoms with van der Waals surface area (Å²) in [5, 5.41) is 20.0. The van der Waals surface area contributed by atoms with Gasteiger partial charge in [0.25, 0.3) is 11.7 Å². The minimum atomic E-state index is -0.860. The van der Waals surface area contributed by atoms with E-state index in [4.69, 9.17) is 9.84 Å². The zero-order valence-electron chi connectivity index (χ0n) is 15.6. The van der Waals surface area contributed by atoms with Crippen molar-refractivity contribution in [3.05, 3.63) is 69.5 Å². The molecule has 0 spiro atoms. The summed E-state index contributed by atoms with van der Waals surface area (Å²) < 4.78 is 19.7. The van der Waals surface area contributed by atoms with Crippen LogP contribution in [-0.2, 0) is 9.59 Å². The standard InChI is InChI=1S/C21H19BrFNO5/c1-29-16-7-6-13(11-15(16)23)19(26)17-18(12-4-2-5-14(22)10-12)24(8-3-9-25)21(28)20(17)27/h2,4-7,10-11,18,25-26H,3,8-9H2,1H3. The molecule has 152 valence electrons. The molecular formula is C21H19BrFNO5. The number of benzene rings is 2. The largest absolute Gasteiger partial charge is 0.507 e. The number of halogens is 2. The lowest BCUT2D eigenvalue weighted by molar-refractivity contribution is -0.140. The van der Waals surface area contributed by atoms with Crippen LogP contribution < -0.4 is 4.74 Å². The zero-order chi connectivity index (χ0) is 21.1. The van der Waals surface area contributed by atoms with Gasteiger partial charge in [0.05, 0.1) is 18.7 Å². The average molecular weight is 464 g/mol. The van der Waals surface area contributed by atoms with Gasteiger partial charge < -0.3 is 19.8 Å². The second-order valence-corrected chi connectivity index (χ2v) is 7.39. The zero-order valence-corrected chi connectivity index (χ0v) is 17.1. The lowest BCUT2D eigenvalue weighted by atomic mass is 9.95. The van der Waals surface area contributed by atoms with Crippen molar-refractivity contribution < 1.29 is 28.9 Å². The SMILES string of the molecule is COc1ccc(C(O)=C2C(=O)C(=O)N(CCCO)C2c2cccc(Br)c2)cc1F. The lowest BCUT2D eigenvalue weighted by Crippen LogP contribution is -2.31. The highest BCUT2D eigenvalue weighted by Gasteiger charge is 2.45. The highest BCUT2D eigenvalue weighted by Crippen LogP contribution is 2.40. The van der Waals surface area contributed by atoms with Crippen molar-refractivity contribution in [3.63, 3.8) is 0 Å². The number of likely N-dealkylation sites (tertiary alicyclic amines) is 1. The number of ketones is 1. The molecule has 1 amide bonds. The molecule has 1 saturated heterocycles. The van der Waals surface area contributed by atoms with Gasteiger partial charge in [0.1, 0.15) is 5.76 Å². The molecule has 1 heterocycles. The second-order valence-electron chi connectivity index (χ2n) is 6.47. The third kappa shape index (κ3) is 4.04. The van der Waals surface area contributed by atoms with Gasteiger partial charge in [-0.1, -0.05) is 28.1 Å². The van der Waals surface area contributed by atoms with Gasteiger partial charge in [-0.2, -0.15) is 0 Å². The van der Waals surface area contributed by atoms with Gasteiger partial charge in [-0.15, -0.1) is 0 Å². The predicted octanol–water partition coefficient (Wildman–Crippen LogP) is 3.40. The first kappa shape index (κ1) is 21.0. The molecule has 29 heavy (non-hydrogen) atoms. The van der Waals surface area contributed by atoms with E-state index in [1.54, 1.807) is 24.3 Å². The Labute approximate surface area is 175 Å². The summed E-state index contributed by atoms with van der Waals surface area (Å²) in [6.45, 7) is -0.0239. The molecule has 2 aromatic carbocycles. The molecule has 1 aliphatic rings. The van der Waals surface area contributed by atoms with Crippen LogP contribution in [0.4, 0.5) is 4.39 Å². The summed E-state index contributed by atoms with van der Waals surface area (Å²) in [5.41, 5.74) is 0.533. The van der Waals surface area contributed by atoms with Crippen molar-refractivity contribution in [2.45, 2.75) is 12.5 Å². The van der Waals surface area contributed by atoms with E-state index in [1.165, 1.54) is 24.1 Å². The van der Waals surface area contributed by atoms with Crippen molar-refractivity contribution in [1.82, 2.24) is 4.90 Å². The monoisotopic (exact) mass is 463 g/mol. The van der Waals surface area contributed by atoms with E-state index in [-0.39, 0.29) is 36.5 Å². The highest BCUT2D eigenvalue weighted by atomic mass is 79.9. The maximum absolute atomic E-state index is 14.1. The van der Waals surface area contributed by atoms with Crippen LogP contribution in [0, 0.1) is 5.82 Å². The molecule has 0 bridgehead atoms. The highest BCUT2D eigenvalue weighted by molar-refractivity contribution is 9.10. The van der Waals surface area contributed by atoms with Crippen molar-refractivity contribution in [2.24, 2.45) is 0 Å². The summed E-state index contributed by atoms with van der Waals surface area (Å²) in [5.74, 6) is -2.82. The molecule has 8 heteroatoms. The second kappa shape index (κ2) is 8.75. The van der Waals surface area contributed by atoms with Crippen LogP contribution in [0.25, 0.3) is 5.76 Å². The van der Waals surface area contributed by atoms with Crippen LogP contribution in [0.15, 0.2) is 52.5 Å². The fourth-order valence-electron chi connectivity index (χ4n) is 3.34. The smallest absolute Gasteiger partial charge is 0.295 e. The number of aliphatic hydroxyl groups excluding tert-OH is 2. The van der Waals surface area contributed by atoms with Crippen molar-refractivity contribution in [2.75, 3.05) is 20.3 Å². The summed E-state index contributed by atoms with van der Waals surface area (Å²) in [6, 6.07) is 9.95. The third-order valence-electron chi connectivity index (χ3n) is 4.69. The molecule has 1 fully saturated rings. The van der Waals surface area contributed by atoms with E-state index in [2.05, 4.69) is 15.9 Å². The first-order valence-corrected chi connectivity index (χ1v) is 9.67. The van der Waals surface area contributed by atoms with Gasteiger partial charge in [0.15, 0.2) is 11.6 Å². The Hall–Kier alpha value is -2.71. The number of hydrogen-bond acceptors (Lipinski definition) is 5. The van der Waals surface area contributed by atoms with Gasteiger partial charge >= 0.3 is 0 Å². The number of carbonyl (C=O) groups is 2. The number of amides is 1. The van der Waals surface area contributed by atoms with E-state index >= 15 is 0 Å². The third-order valence-corrected chi connectivity index (χ3v) is 5.18. The first-order chi connectivity index (χ1) is 13.9. The Morgan fingerprint density at radius 2 is 2.00 bits per heavy atom. The van der Waals surface area contributed by atoms with Gasteiger partial charge in [0, 0.05) is 23.2 Å². The van der Waals surface area contributed by atoms with Crippen molar-refractivity contribution in [1.29, 1.82) is 0 Å². The fraction of sp³-hybridized carbons (Fsp3) is 0.238. The summed E-state index contributed by atoms with van der Waals surface area (Å²) in [4.78, 5) is 26.7. The number of ether oxygens (including phenoxy) is 1. The van der Waals surface area contributed by atoms with Crippen LogP contribution in [-0.4, -0.2) is 47.1 Å². The summed E-state index contributed by atoms with van der Waals surface area (Å²) in [7, 11) is 1.32. The van der Waals surface area contributed by atoms with Gasteiger partial charge in [-0.05, 0) is 42.3 Å². The van der Waals surface area contributed by atoms with Crippen molar-refractivity contribution >= 4 is 33.4 Å². The van der Waals surface area contributed by atoms with Crippen LogP contribution >= 0.6 is 15.9 Å². The molecule has 2 N–H and O–H groups in total. The van der Waals surface area contributed by atoms with Crippen LogP contribution in [0.2, 0.25) is 0 Å². The minimum Gasteiger partial charge on any atom is -0.507 e. The number of carbonyl (C=O) groups excluding carboxylic acids is 2. The molecule has 6 nitrogen and oxygen atoms in total.